The van der Waals surface area contributed by atoms with Gasteiger partial charge in [-0.1, -0.05) is 12.8 Å². The number of likely N-dealkylation sites (tertiary alicyclic amines) is 1. The summed E-state index contributed by atoms with van der Waals surface area (Å²) < 4.78 is 0. The second-order valence-corrected chi connectivity index (χ2v) is 5.19. The molecule has 3 atom stereocenters. The van der Waals surface area contributed by atoms with E-state index < -0.39 is 12.0 Å². The summed E-state index contributed by atoms with van der Waals surface area (Å²) in [7, 11) is 0. The zero-order valence-electron chi connectivity index (χ0n) is 10.5. The van der Waals surface area contributed by atoms with Gasteiger partial charge in [-0.15, -0.1) is 0 Å². The van der Waals surface area contributed by atoms with E-state index in [1.165, 1.54) is 4.90 Å². The number of hydrogen-bond donors (Lipinski definition) is 3. The summed E-state index contributed by atoms with van der Waals surface area (Å²) in [5.41, 5.74) is 5.97. The Morgan fingerprint density at radius 3 is 2.56 bits per heavy atom. The Morgan fingerprint density at radius 1 is 1.17 bits per heavy atom. The molecule has 0 radical (unpaired) electrons. The van der Waals surface area contributed by atoms with E-state index in [1.54, 1.807) is 0 Å². The number of nitrogens with two attached hydrogens (primary N) is 1. The van der Waals surface area contributed by atoms with Crippen LogP contribution in [-0.4, -0.2) is 46.7 Å². The molecule has 0 aromatic heterocycles. The van der Waals surface area contributed by atoms with E-state index in [0.29, 0.717) is 13.0 Å². The Kier molecular flexibility index (Phi) is 4.06. The quantitative estimate of drug-likeness (QED) is 0.670. The lowest BCUT2D eigenvalue weighted by Crippen LogP contribution is -2.54. The van der Waals surface area contributed by atoms with Crippen molar-refractivity contribution in [2.24, 2.45) is 5.73 Å². The zero-order chi connectivity index (χ0) is 13.1. The third kappa shape index (κ3) is 2.75. The largest absolute Gasteiger partial charge is 0.480 e. The molecule has 2 aliphatic rings. The van der Waals surface area contributed by atoms with Gasteiger partial charge in [-0.3, -0.25) is 0 Å². The van der Waals surface area contributed by atoms with Crippen LogP contribution in [0.4, 0.5) is 4.79 Å². The lowest BCUT2D eigenvalue weighted by Gasteiger charge is -2.32. The summed E-state index contributed by atoms with van der Waals surface area (Å²) in [4.78, 5) is 24.5. The molecular formula is C12H21N3O3. The number of carboxylic acid groups (broad SMARTS) is 1. The standard InChI is InChI=1S/C12H21N3O3/c13-8-4-1-2-5-9(8)14-12(18)15-7-3-6-10(15)11(16)17/h8-10H,1-7,13H2,(H,14,18)(H,16,17). The molecule has 18 heavy (non-hydrogen) atoms. The van der Waals surface area contributed by atoms with Crippen LogP contribution < -0.4 is 11.1 Å². The molecule has 3 unspecified atom stereocenters. The Morgan fingerprint density at radius 2 is 1.89 bits per heavy atom. The molecule has 1 saturated carbocycles. The fraction of sp³-hybridized carbons (Fsp3) is 0.833. The van der Waals surface area contributed by atoms with Gasteiger partial charge in [0.05, 0.1) is 0 Å². The number of carbonyl (C=O) groups is 2. The maximum Gasteiger partial charge on any atom is 0.326 e. The second-order valence-electron chi connectivity index (χ2n) is 5.19. The molecule has 6 nitrogen and oxygen atoms in total. The highest BCUT2D eigenvalue weighted by atomic mass is 16.4. The minimum atomic E-state index is -0.921. The van der Waals surface area contributed by atoms with E-state index in [0.717, 1.165) is 32.1 Å². The van der Waals surface area contributed by atoms with Gasteiger partial charge in [0, 0.05) is 18.6 Å². The van der Waals surface area contributed by atoms with E-state index >= 15 is 0 Å². The molecule has 1 aliphatic heterocycles. The van der Waals surface area contributed by atoms with Crippen LogP contribution in [0.3, 0.4) is 0 Å². The van der Waals surface area contributed by atoms with Crippen molar-refractivity contribution in [3.8, 4) is 0 Å². The Hall–Kier alpha value is -1.30. The molecule has 1 saturated heterocycles. The monoisotopic (exact) mass is 255 g/mol. The van der Waals surface area contributed by atoms with Gasteiger partial charge in [-0.25, -0.2) is 9.59 Å². The highest BCUT2D eigenvalue weighted by Gasteiger charge is 2.35. The average Bonchev–Trinajstić information content (AvgIpc) is 2.81. The van der Waals surface area contributed by atoms with Crippen molar-refractivity contribution >= 4 is 12.0 Å². The van der Waals surface area contributed by atoms with Crippen molar-refractivity contribution in [1.82, 2.24) is 10.2 Å². The van der Waals surface area contributed by atoms with Crippen LogP contribution >= 0.6 is 0 Å². The molecule has 0 spiro atoms. The Bertz CT molecular complexity index is 335. The number of aliphatic carboxylic acids is 1. The molecule has 2 fully saturated rings. The molecule has 4 N–H and O–H groups in total. The molecule has 0 aromatic rings. The fourth-order valence-corrected chi connectivity index (χ4v) is 2.85. The van der Waals surface area contributed by atoms with E-state index in [9.17, 15) is 9.59 Å². The van der Waals surface area contributed by atoms with Crippen LogP contribution in [0, 0.1) is 0 Å². The molecule has 2 amide bonds. The van der Waals surface area contributed by atoms with Gasteiger partial charge in [-0.2, -0.15) is 0 Å². The maximum atomic E-state index is 12.1. The van der Waals surface area contributed by atoms with Crippen molar-refractivity contribution < 1.29 is 14.7 Å². The SMILES string of the molecule is NC1CCCCC1NC(=O)N1CCCC1C(=O)O. The van der Waals surface area contributed by atoms with Crippen LogP contribution in [0.1, 0.15) is 38.5 Å². The normalized spacial score (nSPS) is 32.3. The van der Waals surface area contributed by atoms with Gasteiger partial charge in [0.25, 0.3) is 0 Å². The molecular weight excluding hydrogens is 234 g/mol. The highest BCUT2D eigenvalue weighted by Crippen LogP contribution is 2.20. The minimum Gasteiger partial charge on any atom is -0.480 e. The van der Waals surface area contributed by atoms with Crippen molar-refractivity contribution in [1.29, 1.82) is 0 Å². The zero-order valence-corrected chi connectivity index (χ0v) is 10.5. The fourth-order valence-electron chi connectivity index (χ4n) is 2.85. The summed E-state index contributed by atoms with van der Waals surface area (Å²) in [6, 6.07) is -0.970. The van der Waals surface area contributed by atoms with Crippen LogP contribution in [0.5, 0.6) is 0 Å². The van der Waals surface area contributed by atoms with Crippen LogP contribution in [0.2, 0.25) is 0 Å². The maximum absolute atomic E-state index is 12.1. The summed E-state index contributed by atoms with van der Waals surface area (Å²) in [6.07, 6.45) is 5.28. The molecule has 1 heterocycles. The van der Waals surface area contributed by atoms with Crippen LogP contribution in [-0.2, 0) is 4.79 Å². The van der Waals surface area contributed by atoms with Gasteiger partial charge in [0.15, 0.2) is 0 Å². The first-order chi connectivity index (χ1) is 8.59. The van der Waals surface area contributed by atoms with Gasteiger partial charge in [0.1, 0.15) is 6.04 Å². The number of nitrogens with one attached hydrogen (secondary N) is 1. The predicted molar refractivity (Wildman–Crippen MR) is 66.1 cm³/mol. The Labute approximate surface area is 107 Å². The number of amides is 2. The third-order valence-electron chi connectivity index (χ3n) is 3.93. The average molecular weight is 255 g/mol. The third-order valence-corrected chi connectivity index (χ3v) is 3.93. The lowest BCUT2D eigenvalue weighted by atomic mass is 9.91. The van der Waals surface area contributed by atoms with Crippen molar-refractivity contribution in [3.05, 3.63) is 0 Å². The summed E-state index contributed by atoms with van der Waals surface area (Å²) in [6.45, 7) is 0.519. The first-order valence-electron chi connectivity index (χ1n) is 6.65. The van der Waals surface area contributed by atoms with Crippen molar-refractivity contribution in [2.45, 2.75) is 56.7 Å². The molecule has 2 rings (SSSR count). The van der Waals surface area contributed by atoms with Gasteiger partial charge >= 0.3 is 12.0 Å². The molecule has 102 valence electrons. The minimum absolute atomic E-state index is 0.00594. The predicted octanol–water partition coefficient (Wildman–Crippen LogP) is 0.515. The number of carboxylic acids is 1. The molecule has 6 heteroatoms. The van der Waals surface area contributed by atoms with Crippen molar-refractivity contribution in [3.63, 3.8) is 0 Å². The van der Waals surface area contributed by atoms with E-state index in [2.05, 4.69) is 5.32 Å². The van der Waals surface area contributed by atoms with Gasteiger partial charge < -0.3 is 21.1 Å². The first-order valence-corrected chi connectivity index (χ1v) is 6.65. The number of hydrogen-bond acceptors (Lipinski definition) is 3. The lowest BCUT2D eigenvalue weighted by molar-refractivity contribution is -0.141. The molecule has 0 aromatic carbocycles. The number of urea groups is 1. The number of carbonyl (C=O) groups excluding carboxylic acids is 1. The summed E-state index contributed by atoms with van der Waals surface area (Å²) in [5, 5.41) is 11.9. The van der Waals surface area contributed by atoms with E-state index in [-0.39, 0.29) is 18.1 Å². The summed E-state index contributed by atoms with van der Waals surface area (Å²) in [5.74, 6) is -0.921. The number of rotatable bonds is 2. The second kappa shape index (κ2) is 5.56. The van der Waals surface area contributed by atoms with Crippen molar-refractivity contribution in [2.75, 3.05) is 6.54 Å². The van der Waals surface area contributed by atoms with Gasteiger partial charge in [0.2, 0.25) is 0 Å². The number of nitrogens with zero attached hydrogens (tertiary/aromatic N) is 1. The molecule has 1 aliphatic carbocycles. The Balaban J connectivity index is 1.92. The molecule has 0 bridgehead atoms. The van der Waals surface area contributed by atoms with Crippen LogP contribution in [0.25, 0.3) is 0 Å². The topological polar surface area (TPSA) is 95.7 Å². The van der Waals surface area contributed by atoms with E-state index in [4.69, 9.17) is 10.8 Å². The summed E-state index contributed by atoms with van der Waals surface area (Å²) >= 11 is 0. The first kappa shape index (κ1) is 13.1. The van der Waals surface area contributed by atoms with Crippen LogP contribution in [0.15, 0.2) is 0 Å². The highest BCUT2D eigenvalue weighted by molar-refractivity contribution is 5.83. The smallest absolute Gasteiger partial charge is 0.326 e. The van der Waals surface area contributed by atoms with Gasteiger partial charge in [-0.05, 0) is 25.7 Å². The van der Waals surface area contributed by atoms with E-state index in [1.807, 2.05) is 0 Å².